The molecule has 0 rings (SSSR count). The Hall–Kier alpha value is -1.10. The van der Waals surface area contributed by atoms with Crippen LogP contribution in [0, 0.1) is 0 Å². The average molecular weight is 187 g/mol. The van der Waals surface area contributed by atoms with Crippen LogP contribution in [0.2, 0.25) is 0 Å². The van der Waals surface area contributed by atoms with Crippen molar-refractivity contribution in [2.24, 2.45) is 11.5 Å². The molecule has 76 valence electrons. The van der Waals surface area contributed by atoms with Crippen molar-refractivity contribution in [1.29, 1.82) is 0 Å². The van der Waals surface area contributed by atoms with E-state index in [9.17, 15) is 9.59 Å². The fourth-order valence-electron chi connectivity index (χ4n) is 1.03. The molecule has 0 aromatic heterocycles. The van der Waals surface area contributed by atoms with Crippen LogP contribution in [0.15, 0.2) is 0 Å². The van der Waals surface area contributed by atoms with Crippen LogP contribution in [0.5, 0.6) is 0 Å². The Morgan fingerprint density at radius 2 is 2.00 bits per heavy atom. The average Bonchev–Trinajstić information content (AvgIpc) is 2.02. The van der Waals surface area contributed by atoms with E-state index in [4.69, 9.17) is 11.5 Å². The first-order valence-corrected chi connectivity index (χ1v) is 4.27. The third-order valence-corrected chi connectivity index (χ3v) is 1.67. The number of rotatable bonds is 5. The quantitative estimate of drug-likeness (QED) is 0.582. The van der Waals surface area contributed by atoms with Gasteiger partial charge in [0, 0.05) is 13.6 Å². The summed E-state index contributed by atoms with van der Waals surface area (Å²) in [7, 11) is 1.66. The molecule has 5 heteroatoms. The molecule has 0 aromatic carbocycles. The molecule has 1 unspecified atom stereocenters. The van der Waals surface area contributed by atoms with Crippen molar-refractivity contribution in [3.63, 3.8) is 0 Å². The third-order valence-electron chi connectivity index (χ3n) is 1.67. The molecular formula is C8H17N3O2. The minimum Gasteiger partial charge on any atom is -0.370 e. The molecule has 0 radical (unpaired) electrons. The van der Waals surface area contributed by atoms with E-state index in [1.807, 2.05) is 6.92 Å². The summed E-state index contributed by atoms with van der Waals surface area (Å²) in [5.74, 6) is -0.786. The van der Waals surface area contributed by atoms with Gasteiger partial charge in [0.2, 0.25) is 11.8 Å². The van der Waals surface area contributed by atoms with Crippen molar-refractivity contribution >= 4 is 11.8 Å². The van der Waals surface area contributed by atoms with Gasteiger partial charge >= 0.3 is 0 Å². The second kappa shape index (κ2) is 5.53. The van der Waals surface area contributed by atoms with Crippen LogP contribution in [0.25, 0.3) is 0 Å². The van der Waals surface area contributed by atoms with Gasteiger partial charge in [0.15, 0.2) is 0 Å². The van der Waals surface area contributed by atoms with Crippen molar-refractivity contribution in [2.75, 3.05) is 13.6 Å². The number of hydrogen-bond donors (Lipinski definition) is 2. The van der Waals surface area contributed by atoms with Gasteiger partial charge < -0.3 is 16.4 Å². The highest BCUT2D eigenvalue weighted by Gasteiger charge is 2.18. The van der Waals surface area contributed by atoms with Gasteiger partial charge in [0.1, 0.15) is 0 Å². The number of likely N-dealkylation sites (N-methyl/N-ethyl adjacent to an activating group) is 1. The number of nitrogens with zero attached hydrogens (tertiary/aromatic N) is 1. The van der Waals surface area contributed by atoms with E-state index in [2.05, 4.69) is 0 Å². The Kier molecular flexibility index (Phi) is 5.06. The molecule has 0 heterocycles. The molecule has 2 amide bonds. The summed E-state index contributed by atoms with van der Waals surface area (Å²) in [5, 5.41) is 0. The molecule has 0 aromatic rings. The van der Waals surface area contributed by atoms with Crippen LogP contribution >= 0.6 is 0 Å². The summed E-state index contributed by atoms with van der Waals surface area (Å²) in [6, 6.07) is -0.797. The van der Waals surface area contributed by atoms with Crippen molar-refractivity contribution in [1.82, 2.24) is 4.90 Å². The number of hydrogen-bond acceptors (Lipinski definition) is 3. The fraction of sp³-hybridized carbons (Fsp3) is 0.750. The van der Waals surface area contributed by atoms with Crippen LogP contribution in [0.3, 0.4) is 0 Å². The smallest absolute Gasteiger partial charge is 0.239 e. The van der Waals surface area contributed by atoms with E-state index in [1.165, 1.54) is 4.90 Å². The molecule has 0 fully saturated rings. The Balaban J connectivity index is 4.01. The summed E-state index contributed by atoms with van der Waals surface area (Å²) in [5.41, 5.74) is 10.4. The molecule has 0 spiro atoms. The number of primary amides is 1. The van der Waals surface area contributed by atoms with Crippen molar-refractivity contribution in [3.8, 4) is 0 Å². The lowest BCUT2D eigenvalue weighted by Gasteiger charge is -2.19. The van der Waals surface area contributed by atoms with Crippen molar-refractivity contribution in [2.45, 2.75) is 25.8 Å². The first-order chi connectivity index (χ1) is 5.99. The van der Waals surface area contributed by atoms with Gasteiger partial charge in [-0.1, -0.05) is 6.92 Å². The molecule has 5 nitrogen and oxygen atoms in total. The van der Waals surface area contributed by atoms with Gasteiger partial charge in [-0.3, -0.25) is 9.59 Å². The maximum atomic E-state index is 11.4. The lowest BCUT2D eigenvalue weighted by molar-refractivity contribution is -0.133. The predicted molar refractivity (Wildman–Crippen MR) is 49.7 cm³/mol. The second-order valence-corrected chi connectivity index (χ2v) is 3.04. The minimum atomic E-state index is -0.797. The lowest BCUT2D eigenvalue weighted by atomic mass is 10.2. The Bertz CT molecular complexity index is 194. The van der Waals surface area contributed by atoms with E-state index < -0.39 is 11.9 Å². The Morgan fingerprint density at radius 1 is 1.46 bits per heavy atom. The summed E-state index contributed by atoms with van der Waals surface area (Å²) in [6.45, 7) is 2.61. The van der Waals surface area contributed by atoms with Crippen LogP contribution in [0.1, 0.15) is 19.8 Å². The zero-order chi connectivity index (χ0) is 10.4. The summed E-state index contributed by atoms with van der Waals surface area (Å²) in [6.07, 6.45) is 0.776. The van der Waals surface area contributed by atoms with E-state index in [0.717, 1.165) is 6.42 Å². The van der Waals surface area contributed by atoms with Crippen LogP contribution in [-0.2, 0) is 9.59 Å². The number of carbonyl (C=O) groups excluding carboxylic acids is 2. The molecule has 0 aliphatic carbocycles. The van der Waals surface area contributed by atoms with Gasteiger partial charge in [0.25, 0.3) is 0 Å². The van der Waals surface area contributed by atoms with E-state index in [-0.39, 0.29) is 12.3 Å². The van der Waals surface area contributed by atoms with Gasteiger partial charge in [-0.15, -0.1) is 0 Å². The summed E-state index contributed by atoms with van der Waals surface area (Å²) < 4.78 is 0. The number of nitrogens with two attached hydrogens (primary N) is 2. The molecule has 0 aliphatic heterocycles. The maximum Gasteiger partial charge on any atom is 0.239 e. The van der Waals surface area contributed by atoms with E-state index in [0.29, 0.717) is 6.54 Å². The van der Waals surface area contributed by atoms with E-state index in [1.54, 1.807) is 7.05 Å². The molecule has 0 aliphatic rings. The predicted octanol–water partition coefficient (Wildman–Crippen LogP) is -0.942. The molecular weight excluding hydrogens is 170 g/mol. The SMILES string of the molecule is CCCN(C)C(=O)C(N)CC(N)=O. The maximum absolute atomic E-state index is 11.4. The van der Waals surface area contributed by atoms with Gasteiger partial charge in [-0.25, -0.2) is 0 Å². The monoisotopic (exact) mass is 187 g/mol. The van der Waals surface area contributed by atoms with Crippen molar-refractivity contribution < 1.29 is 9.59 Å². The Morgan fingerprint density at radius 3 is 2.38 bits per heavy atom. The minimum absolute atomic E-state index is 0.0904. The van der Waals surface area contributed by atoms with Crippen LogP contribution in [-0.4, -0.2) is 36.3 Å². The third kappa shape index (κ3) is 4.47. The summed E-state index contributed by atoms with van der Waals surface area (Å²) >= 11 is 0. The van der Waals surface area contributed by atoms with Gasteiger partial charge in [-0.2, -0.15) is 0 Å². The molecule has 0 saturated heterocycles. The normalized spacial score (nSPS) is 12.2. The largest absolute Gasteiger partial charge is 0.370 e. The molecule has 0 saturated carbocycles. The highest BCUT2D eigenvalue weighted by atomic mass is 16.2. The van der Waals surface area contributed by atoms with Crippen molar-refractivity contribution in [3.05, 3.63) is 0 Å². The highest BCUT2D eigenvalue weighted by Crippen LogP contribution is 1.95. The standard InChI is InChI=1S/C8H17N3O2/c1-3-4-11(2)8(13)6(9)5-7(10)12/h6H,3-5,9H2,1-2H3,(H2,10,12). The first-order valence-electron chi connectivity index (χ1n) is 4.27. The van der Waals surface area contributed by atoms with Gasteiger partial charge in [0.05, 0.1) is 12.5 Å². The number of carbonyl (C=O) groups is 2. The second-order valence-electron chi connectivity index (χ2n) is 3.04. The zero-order valence-electron chi connectivity index (χ0n) is 8.12. The van der Waals surface area contributed by atoms with Crippen LogP contribution < -0.4 is 11.5 Å². The molecule has 1 atom stereocenters. The highest BCUT2D eigenvalue weighted by molar-refractivity contribution is 5.87. The molecule has 0 bridgehead atoms. The zero-order valence-corrected chi connectivity index (χ0v) is 8.12. The van der Waals surface area contributed by atoms with E-state index >= 15 is 0 Å². The summed E-state index contributed by atoms with van der Waals surface area (Å²) in [4.78, 5) is 23.3. The fourth-order valence-corrected chi connectivity index (χ4v) is 1.03. The molecule has 13 heavy (non-hydrogen) atoms. The Labute approximate surface area is 78.1 Å². The molecule has 4 N–H and O–H groups in total. The number of amides is 2. The van der Waals surface area contributed by atoms with Crippen LogP contribution in [0.4, 0.5) is 0 Å². The topological polar surface area (TPSA) is 89.4 Å². The lowest BCUT2D eigenvalue weighted by Crippen LogP contribution is -2.44. The van der Waals surface area contributed by atoms with Gasteiger partial charge in [-0.05, 0) is 6.42 Å². The first kappa shape index (κ1) is 11.9.